The molecule has 0 spiro atoms. The highest BCUT2D eigenvalue weighted by atomic mass is 32.2. The maximum Gasteiger partial charge on any atom is 0.136 e. The third-order valence-electron chi connectivity index (χ3n) is 3.06. The van der Waals surface area contributed by atoms with Crippen LogP contribution in [0.3, 0.4) is 0 Å². The number of para-hydroxylation sites is 1. The van der Waals surface area contributed by atoms with Crippen molar-refractivity contribution in [1.82, 2.24) is 0 Å². The second-order valence-corrected chi connectivity index (χ2v) is 5.82. The molecule has 3 rings (SSSR count). The molecule has 3 heteroatoms. The van der Waals surface area contributed by atoms with Crippen molar-refractivity contribution in [1.29, 1.82) is 0 Å². The highest BCUT2D eigenvalue weighted by Gasteiger charge is 2.28. The predicted octanol–water partition coefficient (Wildman–Crippen LogP) is 4.01. The zero-order valence-electron chi connectivity index (χ0n) is 10.0. The zero-order valence-corrected chi connectivity index (χ0v) is 10.9. The van der Waals surface area contributed by atoms with Crippen molar-refractivity contribution in [2.45, 2.75) is 23.2 Å². The first-order chi connectivity index (χ1) is 8.74. The van der Waals surface area contributed by atoms with Gasteiger partial charge in [-0.1, -0.05) is 24.3 Å². The van der Waals surface area contributed by atoms with Gasteiger partial charge >= 0.3 is 0 Å². The van der Waals surface area contributed by atoms with E-state index in [0.717, 1.165) is 11.3 Å². The Morgan fingerprint density at radius 1 is 1.06 bits per heavy atom. The molecule has 0 amide bonds. The molecule has 0 fully saturated rings. The van der Waals surface area contributed by atoms with E-state index in [1.807, 2.05) is 42.1 Å². The third-order valence-corrected chi connectivity index (χ3v) is 4.27. The Hall–Kier alpha value is -1.61. The topological polar surface area (TPSA) is 29.5 Å². The number of rotatable bonds is 1. The second kappa shape index (κ2) is 4.58. The van der Waals surface area contributed by atoms with Gasteiger partial charge in [0.1, 0.15) is 17.6 Å². The first-order valence-corrected chi connectivity index (χ1v) is 6.83. The summed E-state index contributed by atoms with van der Waals surface area (Å²) in [5.41, 5.74) is 1.10. The molecule has 1 N–H and O–H groups in total. The normalized spacial score (nSPS) is 22.1. The van der Waals surface area contributed by atoms with Crippen LogP contribution in [0.5, 0.6) is 11.5 Å². The Morgan fingerprint density at radius 3 is 2.56 bits per heavy atom. The van der Waals surface area contributed by atoms with E-state index in [4.69, 9.17) is 4.74 Å². The smallest absolute Gasteiger partial charge is 0.136 e. The molecule has 0 saturated carbocycles. The summed E-state index contributed by atoms with van der Waals surface area (Å²) in [6.07, 6.45) is 0.0329. The minimum absolute atomic E-state index is 0.0329. The summed E-state index contributed by atoms with van der Waals surface area (Å²) in [4.78, 5) is 1.19. The maximum atomic E-state index is 9.33. The highest BCUT2D eigenvalue weighted by molar-refractivity contribution is 8.00. The lowest BCUT2D eigenvalue weighted by Gasteiger charge is -2.31. The van der Waals surface area contributed by atoms with E-state index in [9.17, 15) is 5.11 Å². The van der Waals surface area contributed by atoms with Gasteiger partial charge < -0.3 is 9.84 Å². The van der Waals surface area contributed by atoms with Gasteiger partial charge in [0.05, 0.1) is 0 Å². The van der Waals surface area contributed by atoms with E-state index in [0.29, 0.717) is 5.25 Å². The van der Waals surface area contributed by atoms with Crippen LogP contribution < -0.4 is 4.74 Å². The Labute approximate surface area is 111 Å². The van der Waals surface area contributed by atoms with Crippen LogP contribution in [0.2, 0.25) is 0 Å². The largest absolute Gasteiger partial charge is 0.508 e. The Morgan fingerprint density at radius 2 is 1.78 bits per heavy atom. The molecule has 0 radical (unpaired) electrons. The monoisotopic (exact) mass is 258 g/mol. The summed E-state index contributed by atoms with van der Waals surface area (Å²) in [5, 5.41) is 9.68. The Kier molecular flexibility index (Phi) is 2.92. The molecule has 2 aromatic carbocycles. The van der Waals surface area contributed by atoms with Gasteiger partial charge in [-0.15, -0.1) is 11.8 Å². The SMILES string of the molecule is C[C@@H]1Sc2ccccc2O[C@H]1c1ccc(O)cc1. The summed E-state index contributed by atoms with van der Waals surface area (Å²) < 4.78 is 6.07. The number of hydrogen-bond donors (Lipinski definition) is 1. The van der Waals surface area contributed by atoms with Gasteiger partial charge in [-0.2, -0.15) is 0 Å². The Bertz CT molecular complexity index is 551. The van der Waals surface area contributed by atoms with Crippen LogP contribution in [-0.4, -0.2) is 10.4 Å². The lowest BCUT2D eigenvalue weighted by Crippen LogP contribution is -2.22. The lowest BCUT2D eigenvalue weighted by atomic mass is 10.1. The quantitative estimate of drug-likeness (QED) is 0.838. The van der Waals surface area contributed by atoms with Crippen LogP contribution >= 0.6 is 11.8 Å². The van der Waals surface area contributed by atoms with Crippen molar-refractivity contribution < 1.29 is 9.84 Å². The molecular weight excluding hydrogens is 244 g/mol. The van der Waals surface area contributed by atoms with E-state index < -0.39 is 0 Å². The van der Waals surface area contributed by atoms with Crippen molar-refractivity contribution in [3.63, 3.8) is 0 Å². The third kappa shape index (κ3) is 2.06. The van der Waals surface area contributed by atoms with Crippen LogP contribution in [0.25, 0.3) is 0 Å². The summed E-state index contributed by atoms with van der Waals surface area (Å²) in [6.45, 7) is 2.16. The zero-order chi connectivity index (χ0) is 12.5. The van der Waals surface area contributed by atoms with E-state index in [-0.39, 0.29) is 11.9 Å². The fourth-order valence-corrected chi connectivity index (χ4v) is 3.27. The molecule has 2 nitrogen and oxygen atoms in total. The van der Waals surface area contributed by atoms with Crippen molar-refractivity contribution in [3.8, 4) is 11.5 Å². The first kappa shape index (κ1) is 11.5. The summed E-state index contributed by atoms with van der Waals surface area (Å²) in [7, 11) is 0. The average molecular weight is 258 g/mol. The molecule has 0 bridgehead atoms. The first-order valence-electron chi connectivity index (χ1n) is 5.95. The van der Waals surface area contributed by atoms with Crippen molar-refractivity contribution in [3.05, 3.63) is 54.1 Å². The van der Waals surface area contributed by atoms with Gasteiger partial charge in [0.2, 0.25) is 0 Å². The van der Waals surface area contributed by atoms with Crippen LogP contribution in [0.4, 0.5) is 0 Å². The lowest BCUT2D eigenvalue weighted by molar-refractivity contribution is 0.195. The molecule has 0 aromatic heterocycles. The van der Waals surface area contributed by atoms with Crippen LogP contribution in [0.1, 0.15) is 18.6 Å². The number of phenols is 1. The number of ether oxygens (including phenoxy) is 1. The van der Waals surface area contributed by atoms with Crippen molar-refractivity contribution in [2.24, 2.45) is 0 Å². The van der Waals surface area contributed by atoms with Gasteiger partial charge in [0.25, 0.3) is 0 Å². The van der Waals surface area contributed by atoms with Gasteiger partial charge in [-0.05, 0) is 36.8 Å². The molecule has 0 saturated heterocycles. The standard InChI is InChI=1S/C15H14O2S/c1-10-15(11-6-8-12(16)9-7-11)17-13-4-2-3-5-14(13)18-10/h2-10,15-16H,1H3/t10-,15+/m0/s1. The fourth-order valence-electron chi connectivity index (χ4n) is 2.14. The number of fused-ring (bicyclic) bond motifs is 1. The van der Waals surface area contributed by atoms with Gasteiger partial charge in [-0.25, -0.2) is 0 Å². The number of hydrogen-bond acceptors (Lipinski definition) is 3. The average Bonchev–Trinajstić information content (AvgIpc) is 2.39. The van der Waals surface area contributed by atoms with Gasteiger partial charge in [-0.3, -0.25) is 0 Å². The van der Waals surface area contributed by atoms with Crippen LogP contribution in [0.15, 0.2) is 53.4 Å². The van der Waals surface area contributed by atoms with Crippen molar-refractivity contribution >= 4 is 11.8 Å². The van der Waals surface area contributed by atoms with Crippen LogP contribution in [0, 0.1) is 0 Å². The van der Waals surface area contributed by atoms with Crippen molar-refractivity contribution in [2.75, 3.05) is 0 Å². The molecule has 0 aliphatic carbocycles. The number of thioether (sulfide) groups is 1. The summed E-state index contributed by atoms with van der Waals surface area (Å²) >= 11 is 1.83. The molecule has 2 aromatic rings. The predicted molar refractivity (Wildman–Crippen MR) is 73.2 cm³/mol. The Balaban J connectivity index is 1.93. The molecule has 92 valence electrons. The second-order valence-electron chi connectivity index (χ2n) is 4.40. The van der Waals surface area contributed by atoms with E-state index >= 15 is 0 Å². The van der Waals surface area contributed by atoms with E-state index in [1.54, 1.807) is 12.1 Å². The molecular formula is C15H14O2S. The maximum absolute atomic E-state index is 9.33. The summed E-state index contributed by atoms with van der Waals surface area (Å²) in [5.74, 6) is 1.23. The molecule has 1 aliphatic rings. The van der Waals surface area contributed by atoms with Gasteiger partial charge in [0.15, 0.2) is 0 Å². The van der Waals surface area contributed by atoms with Gasteiger partial charge in [0, 0.05) is 10.1 Å². The molecule has 1 heterocycles. The summed E-state index contributed by atoms with van der Waals surface area (Å²) in [6, 6.07) is 15.4. The fraction of sp³-hybridized carbons (Fsp3) is 0.200. The molecule has 0 unspecified atom stereocenters. The minimum Gasteiger partial charge on any atom is -0.508 e. The van der Waals surface area contributed by atoms with E-state index in [1.165, 1.54) is 4.90 Å². The highest BCUT2D eigenvalue weighted by Crippen LogP contribution is 2.44. The number of phenolic OH excluding ortho intramolecular Hbond substituents is 1. The molecule has 18 heavy (non-hydrogen) atoms. The number of benzene rings is 2. The van der Waals surface area contributed by atoms with E-state index in [2.05, 4.69) is 13.0 Å². The number of aromatic hydroxyl groups is 1. The minimum atomic E-state index is 0.0329. The van der Waals surface area contributed by atoms with Crippen LogP contribution in [-0.2, 0) is 0 Å². The molecule has 1 aliphatic heterocycles. The molecule has 2 atom stereocenters.